The highest BCUT2D eigenvalue weighted by Crippen LogP contribution is 2.18. The molecular formula is C66H127NO5. The molecule has 0 saturated heterocycles. The van der Waals surface area contributed by atoms with E-state index in [1.807, 2.05) is 0 Å². The number of amides is 1. The van der Waals surface area contributed by atoms with Gasteiger partial charge in [0.25, 0.3) is 0 Å². The van der Waals surface area contributed by atoms with Crippen LogP contribution in [-0.4, -0.2) is 47.4 Å². The molecule has 0 saturated carbocycles. The molecule has 0 aliphatic carbocycles. The Balaban J connectivity index is 3.44. The number of esters is 1. The molecule has 0 aromatic carbocycles. The van der Waals surface area contributed by atoms with Crippen LogP contribution in [0, 0.1) is 0 Å². The quantitative estimate of drug-likeness (QED) is 0.0320. The molecule has 0 aliphatic heterocycles. The van der Waals surface area contributed by atoms with Crippen molar-refractivity contribution >= 4 is 11.9 Å². The van der Waals surface area contributed by atoms with Crippen molar-refractivity contribution < 1.29 is 24.5 Å². The molecule has 0 bridgehead atoms. The first-order valence-electron chi connectivity index (χ1n) is 32.6. The van der Waals surface area contributed by atoms with E-state index in [9.17, 15) is 19.8 Å². The second-order valence-corrected chi connectivity index (χ2v) is 22.5. The molecular weight excluding hydrogens is 887 g/mol. The summed E-state index contributed by atoms with van der Waals surface area (Å²) in [6.45, 7) is 4.97. The number of aliphatic hydroxyl groups is 2. The SMILES string of the molecule is CCCCCCCCCCCCCCCCCCCCCC(O)C(CO)NC(=O)CCCCCCCCCCC/C=C\C/C=C\CCCCCCCCCCCOC(=O)CCCCCCCCCCCCC. The van der Waals surface area contributed by atoms with Crippen LogP contribution in [0.1, 0.15) is 361 Å². The zero-order valence-electron chi connectivity index (χ0n) is 48.7. The fourth-order valence-corrected chi connectivity index (χ4v) is 10.3. The van der Waals surface area contributed by atoms with Gasteiger partial charge in [-0.3, -0.25) is 9.59 Å². The number of nitrogens with one attached hydrogen (secondary N) is 1. The van der Waals surface area contributed by atoms with E-state index in [0.29, 0.717) is 25.9 Å². The Morgan fingerprint density at radius 3 is 1.06 bits per heavy atom. The monoisotopic (exact) mass is 1010 g/mol. The summed E-state index contributed by atoms with van der Waals surface area (Å²) in [4.78, 5) is 24.5. The molecule has 0 aromatic heterocycles. The van der Waals surface area contributed by atoms with Crippen molar-refractivity contribution in [2.24, 2.45) is 0 Å². The predicted molar refractivity (Wildman–Crippen MR) is 315 cm³/mol. The molecule has 2 atom stereocenters. The van der Waals surface area contributed by atoms with Crippen LogP contribution in [0.3, 0.4) is 0 Å². The second kappa shape index (κ2) is 61.9. The fourth-order valence-electron chi connectivity index (χ4n) is 10.3. The highest BCUT2D eigenvalue weighted by molar-refractivity contribution is 5.76. The Kier molecular flexibility index (Phi) is 60.5. The topological polar surface area (TPSA) is 95.9 Å². The number of hydrogen-bond acceptors (Lipinski definition) is 5. The van der Waals surface area contributed by atoms with E-state index in [2.05, 4.69) is 43.5 Å². The highest BCUT2D eigenvalue weighted by atomic mass is 16.5. The molecule has 0 fully saturated rings. The van der Waals surface area contributed by atoms with Gasteiger partial charge < -0.3 is 20.3 Å². The summed E-state index contributed by atoms with van der Waals surface area (Å²) in [5, 5.41) is 23.4. The minimum atomic E-state index is -0.669. The number of allylic oxidation sites excluding steroid dienone is 4. The number of carbonyl (C=O) groups excluding carboxylic acids is 2. The fraction of sp³-hybridized carbons (Fsp3) is 0.909. The molecule has 2 unspecified atom stereocenters. The Morgan fingerprint density at radius 1 is 0.389 bits per heavy atom. The van der Waals surface area contributed by atoms with Crippen LogP contribution >= 0.6 is 0 Å². The van der Waals surface area contributed by atoms with Gasteiger partial charge in [-0.15, -0.1) is 0 Å². The molecule has 0 rings (SSSR count). The molecule has 3 N–H and O–H groups in total. The van der Waals surface area contributed by atoms with Gasteiger partial charge in [0.2, 0.25) is 5.91 Å². The number of hydrogen-bond donors (Lipinski definition) is 3. The molecule has 0 heterocycles. The van der Waals surface area contributed by atoms with Crippen LogP contribution in [0.15, 0.2) is 24.3 Å². The molecule has 1 amide bonds. The Morgan fingerprint density at radius 2 is 0.694 bits per heavy atom. The number of ether oxygens (including phenoxy) is 1. The second-order valence-electron chi connectivity index (χ2n) is 22.5. The predicted octanol–water partition coefficient (Wildman–Crippen LogP) is 20.6. The van der Waals surface area contributed by atoms with Gasteiger partial charge in [0, 0.05) is 12.8 Å². The van der Waals surface area contributed by atoms with Gasteiger partial charge in [0.1, 0.15) is 0 Å². The summed E-state index contributed by atoms with van der Waals surface area (Å²) in [6.07, 6.45) is 76.3. The standard InChI is InChI=1S/C66H127NO5/c1-3-5-7-9-11-13-15-16-17-18-26-29-32-35-39-42-46-50-54-58-64(69)63(62-68)67-65(70)59-55-51-47-43-40-36-33-30-27-24-22-20-19-21-23-25-28-31-34-37-41-45-49-53-57-61-72-66(71)60-56-52-48-44-38-14-12-10-8-6-4-2/h20-23,63-64,68-69H,3-19,24-62H2,1-2H3,(H,67,70)/b22-20-,23-21-. The van der Waals surface area contributed by atoms with E-state index < -0.39 is 12.1 Å². The van der Waals surface area contributed by atoms with Crippen molar-refractivity contribution in [3.8, 4) is 0 Å². The van der Waals surface area contributed by atoms with Crippen LogP contribution < -0.4 is 5.32 Å². The van der Waals surface area contributed by atoms with E-state index in [4.69, 9.17) is 4.74 Å². The summed E-state index contributed by atoms with van der Waals surface area (Å²) < 4.78 is 5.46. The Bertz CT molecular complexity index is 1120. The highest BCUT2D eigenvalue weighted by Gasteiger charge is 2.20. The summed E-state index contributed by atoms with van der Waals surface area (Å²) in [6, 6.07) is -0.546. The molecule has 0 aromatic rings. The maximum absolute atomic E-state index is 12.5. The summed E-state index contributed by atoms with van der Waals surface area (Å²) in [5.41, 5.74) is 0. The largest absolute Gasteiger partial charge is 0.466 e. The number of carbonyl (C=O) groups is 2. The number of rotatable bonds is 61. The first-order valence-corrected chi connectivity index (χ1v) is 32.6. The van der Waals surface area contributed by atoms with E-state index in [0.717, 1.165) is 44.9 Å². The lowest BCUT2D eigenvalue weighted by Gasteiger charge is -2.22. The molecule has 72 heavy (non-hydrogen) atoms. The smallest absolute Gasteiger partial charge is 0.305 e. The van der Waals surface area contributed by atoms with E-state index in [-0.39, 0.29) is 18.5 Å². The maximum Gasteiger partial charge on any atom is 0.305 e. The van der Waals surface area contributed by atoms with Crippen LogP contribution in [-0.2, 0) is 14.3 Å². The van der Waals surface area contributed by atoms with Crippen molar-refractivity contribution in [2.45, 2.75) is 373 Å². The minimum Gasteiger partial charge on any atom is -0.466 e. The van der Waals surface area contributed by atoms with Crippen LogP contribution in [0.25, 0.3) is 0 Å². The van der Waals surface area contributed by atoms with Gasteiger partial charge >= 0.3 is 5.97 Å². The number of unbranched alkanes of at least 4 members (excludes halogenated alkanes) is 46. The van der Waals surface area contributed by atoms with Crippen molar-refractivity contribution in [1.82, 2.24) is 5.32 Å². The van der Waals surface area contributed by atoms with Crippen molar-refractivity contribution in [3.05, 3.63) is 24.3 Å². The van der Waals surface area contributed by atoms with Crippen molar-refractivity contribution in [2.75, 3.05) is 13.2 Å². The van der Waals surface area contributed by atoms with Gasteiger partial charge in [-0.05, 0) is 57.8 Å². The average Bonchev–Trinajstić information content (AvgIpc) is 3.38. The molecule has 426 valence electrons. The lowest BCUT2D eigenvalue weighted by atomic mass is 10.0. The van der Waals surface area contributed by atoms with Crippen molar-refractivity contribution in [3.63, 3.8) is 0 Å². The third-order valence-corrected chi connectivity index (χ3v) is 15.3. The number of aliphatic hydroxyl groups excluding tert-OH is 2. The Hall–Kier alpha value is -1.66. The third-order valence-electron chi connectivity index (χ3n) is 15.3. The molecule has 0 aliphatic rings. The Labute approximate surface area is 450 Å². The normalized spacial score (nSPS) is 12.7. The summed E-state index contributed by atoms with van der Waals surface area (Å²) in [7, 11) is 0. The van der Waals surface area contributed by atoms with Gasteiger partial charge in [0.15, 0.2) is 0 Å². The van der Waals surface area contributed by atoms with Gasteiger partial charge in [0.05, 0.1) is 25.4 Å². The van der Waals surface area contributed by atoms with E-state index in [1.165, 1.54) is 283 Å². The lowest BCUT2D eigenvalue weighted by molar-refractivity contribution is -0.143. The van der Waals surface area contributed by atoms with Crippen molar-refractivity contribution in [1.29, 1.82) is 0 Å². The zero-order valence-corrected chi connectivity index (χ0v) is 48.7. The summed E-state index contributed by atoms with van der Waals surface area (Å²) >= 11 is 0. The first-order chi connectivity index (χ1) is 35.5. The first kappa shape index (κ1) is 70.3. The van der Waals surface area contributed by atoms with Gasteiger partial charge in [-0.25, -0.2) is 0 Å². The minimum absolute atomic E-state index is 0.00919. The lowest BCUT2D eigenvalue weighted by Crippen LogP contribution is -2.45. The van der Waals surface area contributed by atoms with E-state index >= 15 is 0 Å². The van der Waals surface area contributed by atoms with Gasteiger partial charge in [-0.2, -0.15) is 0 Å². The average molecular weight is 1010 g/mol. The van der Waals surface area contributed by atoms with Crippen LogP contribution in [0.2, 0.25) is 0 Å². The van der Waals surface area contributed by atoms with E-state index in [1.54, 1.807) is 0 Å². The molecule has 6 nitrogen and oxygen atoms in total. The summed E-state index contributed by atoms with van der Waals surface area (Å²) in [5.74, 6) is -0.0286. The van der Waals surface area contributed by atoms with Gasteiger partial charge in [-0.1, -0.05) is 314 Å². The van der Waals surface area contributed by atoms with Crippen LogP contribution in [0.4, 0.5) is 0 Å². The zero-order chi connectivity index (χ0) is 52.2. The maximum atomic E-state index is 12.5. The molecule has 0 spiro atoms. The van der Waals surface area contributed by atoms with Crippen LogP contribution in [0.5, 0.6) is 0 Å². The molecule has 6 heteroatoms. The molecule has 0 radical (unpaired) electrons. The third kappa shape index (κ3) is 57.6.